The van der Waals surface area contributed by atoms with Gasteiger partial charge in [0.25, 0.3) is 0 Å². The number of nitrogens with zero attached hydrogens (tertiary/aromatic N) is 4. The van der Waals surface area contributed by atoms with Crippen molar-refractivity contribution < 1.29 is 13.2 Å². The van der Waals surface area contributed by atoms with Crippen molar-refractivity contribution in [2.45, 2.75) is 51.7 Å². The van der Waals surface area contributed by atoms with Gasteiger partial charge in [0, 0.05) is 45.2 Å². The molecule has 0 radical (unpaired) electrons. The first-order valence-corrected chi connectivity index (χ1v) is 12.7. The van der Waals surface area contributed by atoms with E-state index in [4.69, 9.17) is 4.74 Å². The van der Waals surface area contributed by atoms with Crippen molar-refractivity contribution in [1.82, 2.24) is 24.5 Å². The molecule has 2 N–H and O–H groups in total. The lowest BCUT2D eigenvalue weighted by Crippen LogP contribution is -2.49. The molecule has 2 saturated heterocycles. The zero-order valence-electron chi connectivity index (χ0n) is 18.2. The minimum absolute atomic E-state index is 0.00945. The van der Waals surface area contributed by atoms with E-state index in [0.29, 0.717) is 18.5 Å². The third-order valence-electron chi connectivity index (χ3n) is 5.89. The number of imidazole rings is 1. The van der Waals surface area contributed by atoms with Crippen molar-refractivity contribution in [1.29, 1.82) is 0 Å². The van der Waals surface area contributed by atoms with Crippen molar-refractivity contribution >= 4 is 16.0 Å². The maximum Gasteiger partial charge on any atom is 0.213 e. The third kappa shape index (κ3) is 6.68. The fourth-order valence-electron chi connectivity index (χ4n) is 4.05. The van der Waals surface area contributed by atoms with Gasteiger partial charge in [0.2, 0.25) is 10.0 Å². The largest absolute Gasteiger partial charge is 0.377 e. The zero-order valence-corrected chi connectivity index (χ0v) is 19.0. The van der Waals surface area contributed by atoms with Gasteiger partial charge in [-0.15, -0.1) is 0 Å². The van der Waals surface area contributed by atoms with Gasteiger partial charge in [-0.05, 0) is 38.5 Å². The Bertz CT molecular complexity index is 762. The topological polar surface area (TPSA) is 101 Å². The van der Waals surface area contributed by atoms with Crippen molar-refractivity contribution in [2.75, 3.05) is 45.1 Å². The fraction of sp³-hybridized carbons (Fsp3) is 0.800. The van der Waals surface area contributed by atoms with E-state index in [1.807, 2.05) is 19.4 Å². The van der Waals surface area contributed by atoms with Crippen LogP contribution >= 0.6 is 0 Å². The van der Waals surface area contributed by atoms with Crippen LogP contribution in [0.2, 0.25) is 0 Å². The second kappa shape index (κ2) is 11.1. The highest BCUT2D eigenvalue weighted by Crippen LogP contribution is 2.27. The molecule has 0 aromatic carbocycles. The lowest BCUT2D eigenvalue weighted by molar-refractivity contribution is 0.0200. The van der Waals surface area contributed by atoms with Crippen LogP contribution in [0.15, 0.2) is 23.7 Å². The number of likely N-dealkylation sites (tertiary alicyclic amines) is 1. The van der Waals surface area contributed by atoms with Gasteiger partial charge in [-0.3, -0.25) is 4.99 Å². The Hall–Kier alpha value is -1.65. The molecule has 0 bridgehead atoms. The molecule has 30 heavy (non-hydrogen) atoms. The SMILES string of the molecule is CCNC(=NCCS(=O)(=O)NCC1CCCCO1)N1CCC(C)C(n2ccnc2)C1. The summed E-state index contributed by atoms with van der Waals surface area (Å²) >= 11 is 0. The summed E-state index contributed by atoms with van der Waals surface area (Å²) in [4.78, 5) is 11.0. The third-order valence-corrected chi connectivity index (χ3v) is 7.21. The Labute approximate surface area is 180 Å². The Kier molecular flexibility index (Phi) is 8.52. The monoisotopic (exact) mass is 440 g/mol. The maximum absolute atomic E-state index is 12.4. The number of aliphatic imine (C=N–C) groups is 1. The van der Waals surface area contributed by atoms with Gasteiger partial charge in [0.15, 0.2) is 5.96 Å². The number of rotatable bonds is 8. The Balaban J connectivity index is 1.54. The smallest absolute Gasteiger partial charge is 0.213 e. The first-order chi connectivity index (χ1) is 14.5. The van der Waals surface area contributed by atoms with Crippen LogP contribution in [0.1, 0.15) is 45.6 Å². The van der Waals surface area contributed by atoms with Crippen LogP contribution in [-0.4, -0.2) is 80.0 Å². The highest BCUT2D eigenvalue weighted by molar-refractivity contribution is 7.89. The van der Waals surface area contributed by atoms with Crippen LogP contribution in [0.4, 0.5) is 0 Å². The van der Waals surface area contributed by atoms with E-state index in [2.05, 4.69) is 36.4 Å². The molecular weight excluding hydrogens is 404 g/mol. The van der Waals surface area contributed by atoms with Gasteiger partial charge in [0.1, 0.15) is 0 Å². The number of hydrogen-bond acceptors (Lipinski definition) is 5. The van der Waals surface area contributed by atoms with Crippen LogP contribution in [0.25, 0.3) is 0 Å². The number of nitrogens with one attached hydrogen (secondary N) is 2. The van der Waals surface area contributed by atoms with Crippen LogP contribution < -0.4 is 10.0 Å². The number of hydrogen-bond donors (Lipinski definition) is 2. The Morgan fingerprint density at radius 1 is 1.33 bits per heavy atom. The average molecular weight is 441 g/mol. The standard InChI is InChI=1S/C20H36N6O3S/c1-3-22-20(25-10-7-17(2)19(15-25)26-11-8-21-16-26)23-9-13-30(27,28)24-14-18-6-4-5-12-29-18/h8,11,16-19,24H,3-7,9-10,12-15H2,1-2H3,(H,22,23). The van der Waals surface area contributed by atoms with E-state index in [0.717, 1.165) is 57.9 Å². The fourth-order valence-corrected chi connectivity index (χ4v) is 4.97. The lowest BCUT2D eigenvalue weighted by atomic mass is 9.93. The number of ether oxygens (including phenoxy) is 1. The molecule has 0 spiro atoms. The molecule has 0 amide bonds. The van der Waals surface area contributed by atoms with E-state index >= 15 is 0 Å². The Morgan fingerprint density at radius 2 is 2.20 bits per heavy atom. The summed E-state index contributed by atoms with van der Waals surface area (Å²) in [5, 5.41) is 3.32. The first kappa shape index (κ1) is 23.0. The highest BCUT2D eigenvalue weighted by Gasteiger charge is 2.29. The first-order valence-electron chi connectivity index (χ1n) is 11.1. The summed E-state index contributed by atoms with van der Waals surface area (Å²) in [5.41, 5.74) is 0. The molecule has 1 aromatic heterocycles. The molecular formula is C20H36N6O3S. The van der Waals surface area contributed by atoms with E-state index < -0.39 is 10.0 Å². The molecule has 3 rings (SSSR count). The summed E-state index contributed by atoms with van der Waals surface area (Å²) in [6, 6.07) is 0.325. The summed E-state index contributed by atoms with van der Waals surface area (Å²) in [6.07, 6.45) is 9.78. The van der Waals surface area contributed by atoms with Gasteiger partial charge in [-0.25, -0.2) is 18.1 Å². The number of guanidine groups is 1. The van der Waals surface area contributed by atoms with Crippen LogP contribution in [-0.2, 0) is 14.8 Å². The molecule has 10 heteroatoms. The molecule has 2 aliphatic rings. The molecule has 170 valence electrons. The summed E-state index contributed by atoms with van der Waals surface area (Å²) in [6.45, 7) is 8.06. The molecule has 3 unspecified atom stereocenters. The van der Waals surface area contributed by atoms with E-state index in [1.54, 1.807) is 6.20 Å². The average Bonchev–Trinajstić information content (AvgIpc) is 3.28. The number of sulfonamides is 1. The lowest BCUT2D eigenvalue weighted by Gasteiger charge is -2.39. The molecule has 0 saturated carbocycles. The van der Waals surface area contributed by atoms with E-state index in [9.17, 15) is 8.42 Å². The summed E-state index contributed by atoms with van der Waals surface area (Å²) in [7, 11) is -3.37. The van der Waals surface area contributed by atoms with Crippen LogP contribution in [0, 0.1) is 5.92 Å². The highest BCUT2D eigenvalue weighted by atomic mass is 32.2. The molecule has 3 atom stereocenters. The maximum atomic E-state index is 12.4. The predicted octanol–water partition coefficient (Wildman–Crippen LogP) is 1.22. The summed E-state index contributed by atoms with van der Waals surface area (Å²) < 4.78 is 35.2. The quantitative estimate of drug-likeness (QED) is 0.466. The minimum atomic E-state index is -3.37. The second-order valence-electron chi connectivity index (χ2n) is 8.18. The summed E-state index contributed by atoms with van der Waals surface area (Å²) in [5.74, 6) is 1.30. The molecule has 9 nitrogen and oxygen atoms in total. The molecule has 2 fully saturated rings. The molecule has 3 heterocycles. The van der Waals surface area contributed by atoms with Crippen LogP contribution in [0.5, 0.6) is 0 Å². The molecule has 2 aliphatic heterocycles. The zero-order chi connectivity index (χ0) is 21.4. The van der Waals surface area contributed by atoms with E-state index in [1.165, 1.54) is 0 Å². The van der Waals surface area contributed by atoms with Gasteiger partial charge < -0.3 is 19.5 Å². The van der Waals surface area contributed by atoms with Crippen molar-refractivity contribution in [3.05, 3.63) is 18.7 Å². The minimum Gasteiger partial charge on any atom is -0.377 e. The second-order valence-corrected chi connectivity index (χ2v) is 10.1. The normalized spacial score (nSPS) is 26.0. The van der Waals surface area contributed by atoms with Gasteiger partial charge in [-0.1, -0.05) is 6.92 Å². The van der Waals surface area contributed by atoms with Crippen molar-refractivity contribution in [3.8, 4) is 0 Å². The van der Waals surface area contributed by atoms with E-state index in [-0.39, 0.29) is 18.4 Å². The molecule has 0 aliphatic carbocycles. The number of piperidine rings is 1. The van der Waals surface area contributed by atoms with Gasteiger partial charge >= 0.3 is 0 Å². The molecule has 1 aromatic rings. The van der Waals surface area contributed by atoms with Gasteiger partial charge in [-0.2, -0.15) is 0 Å². The Morgan fingerprint density at radius 3 is 2.90 bits per heavy atom. The number of aromatic nitrogens is 2. The van der Waals surface area contributed by atoms with Crippen molar-refractivity contribution in [2.24, 2.45) is 10.9 Å². The van der Waals surface area contributed by atoms with Crippen LogP contribution in [0.3, 0.4) is 0 Å². The van der Waals surface area contributed by atoms with Gasteiger partial charge in [0.05, 0.1) is 30.8 Å². The van der Waals surface area contributed by atoms with Crippen molar-refractivity contribution in [3.63, 3.8) is 0 Å². The predicted molar refractivity (Wildman–Crippen MR) is 118 cm³/mol.